The summed E-state index contributed by atoms with van der Waals surface area (Å²) in [5.41, 5.74) is 3.12. The lowest BCUT2D eigenvalue weighted by atomic mass is 9.84. The van der Waals surface area contributed by atoms with Crippen LogP contribution in [0, 0.1) is 5.82 Å². The van der Waals surface area contributed by atoms with Crippen molar-refractivity contribution < 1.29 is 23.4 Å². The molecule has 1 heterocycles. The van der Waals surface area contributed by atoms with Gasteiger partial charge in [0, 0.05) is 24.1 Å². The summed E-state index contributed by atoms with van der Waals surface area (Å²) >= 11 is 0. The van der Waals surface area contributed by atoms with Gasteiger partial charge in [0.2, 0.25) is 0 Å². The number of halogens is 1. The highest BCUT2D eigenvalue weighted by molar-refractivity contribution is 5.86. The highest BCUT2D eigenvalue weighted by Crippen LogP contribution is 2.41. The largest absolute Gasteiger partial charge is 0.489 e. The molecule has 0 bridgehead atoms. The SMILES string of the molecule is COC(=O)COc1ccc([C@H]2C[C@H](CN[C@H](C)c3cccc4ccccc34)Oc3ccccc32)cc1F. The summed E-state index contributed by atoms with van der Waals surface area (Å²) in [6, 6.07) is 27.7. The van der Waals surface area contributed by atoms with Gasteiger partial charge in [0.1, 0.15) is 11.9 Å². The Morgan fingerprint density at radius 3 is 2.68 bits per heavy atom. The first-order valence-electron chi connectivity index (χ1n) is 12.5. The van der Waals surface area contributed by atoms with Gasteiger partial charge in [-0.1, -0.05) is 66.7 Å². The molecule has 0 unspecified atom stereocenters. The number of hydrogen-bond donors (Lipinski definition) is 1. The molecule has 0 aliphatic carbocycles. The monoisotopic (exact) mass is 499 g/mol. The van der Waals surface area contributed by atoms with E-state index in [0.717, 1.165) is 16.9 Å². The second kappa shape index (κ2) is 11.0. The van der Waals surface area contributed by atoms with Crippen molar-refractivity contribution in [1.29, 1.82) is 0 Å². The van der Waals surface area contributed by atoms with Gasteiger partial charge in [-0.3, -0.25) is 0 Å². The first-order chi connectivity index (χ1) is 18.0. The van der Waals surface area contributed by atoms with E-state index in [1.807, 2.05) is 30.3 Å². The fourth-order valence-electron chi connectivity index (χ4n) is 5.03. The first kappa shape index (κ1) is 24.8. The number of nitrogens with one attached hydrogen (secondary N) is 1. The fraction of sp³-hybridized carbons (Fsp3) is 0.258. The molecule has 5 rings (SSSR count). The summed E-state index contributed by atoms with van der Waals surface area (Å²) in [7, 11) is 1.27. The number of hydrogen-bond acceptors (Lipinski definition) is 5. The van der Waals surface area contributed by atoms with E-state index in [1.165, 1.54) is 29.5 Å². The number of para-hydroxylation sites is 1. The zero-order chi connectivity index (χ0) is 25.8. The predicted molar refractivity (Wildman–Crippen MR) is 142 cm³/mol. The Labute approximate surface area is 216 Å². The average Bonchev–Trinajstić information content (AvgIpc) is 2.94. The zero-order valence-electron chi connectivity index (χ0n) is 20.9. The summed E-state index contributed by atoms with van der Waals surface area (Å²) < 4.78 is 31.1. The average molecular weight is 500 g/mol. The van der Waals surface area contributed by atoms with E-state index in [2.05, 4.69) is 59.4 Å². The Balaban J connectivity index is 1.33. The standard InChI is InChI=1S/C31H30FNO4/c1-20(24-12-7-9-21-8-3-4-10-25(21)24)33-18-23-17-27(26-11-5-6-13-29(26)37-23)22-14-15-30(28(32)16-22)36-19-31(34)35-2/h3-16,20,23,27,33H,17-19H2,1-2H3/t20-,23-,27-/m1/s1. The molecule has 0 radical (unpaired) electrons. The number of carbonyl (C=O) groups excluding carboxylic acids is 1. The second-order valence-electron chi connectivity index (χ2n) is 9.32. The van der Waals surface area contributed by atoms with Crippen LogP contribution in [0.3, 0.4) is 0 Å². The van der Waals surface area contributed by atoms with Crippen LogP contribution in [-0.4, -0.2) is 32.3 Å². The zero-order valence-corrected chi connectivity index (χ0v) is 20.9. The molecule has 0 saturated heterocycles. The molecule has 0 amide bonds. The van der Waals surface area contributed by atoms with E-state index in [9.17, 15) is 9.18 Å². The molecule has 6 heteroatoms. The number of esters is 1. The number of ether oxygens (including phenoxy) is 3. The molecule has 0 aromatic heterocycles. The molecule has 1 aliphatic rings. The minimum absolute atomic E-state index is 0.0247. The number of rotatable bonds is 8. The van der Waals surface area contributed by atoms with Crippen molar-refractivity contribution in [2.24, 2.45) is 0 Å². The van der Waals surface area contributed by atoms with Crippen LogP contribution in [-0.2, 0) is 9.53 Å². The topological polar surface area (TPSA) is 56.8 Å². The Morgan fingerprint density at radius 1 is 1.05 bits per heavy atom. The molecular formula is C31H30FNO4. The summed E-state index contributed by atoms with van der Waals surface area (Å²) in [5.74, 6) is -0.264. The highest BCUT2D eigenvalue weighted by Gasteiger charge is 2.30. The number of carbonyl (C=O) groups is 1. The van der Waals surface area contributed by atoms with E-state index >= 15 is 0 Å². The number of benzene rings is 4. The Bertz CT molecular complexity index is 1400. The van der Waals surface area contributed by atoms with Crippen molar-refractivity contribution in [2.75, 3.05) is 20.3 Å². The Hall–Kier alpha value is -3.90. The van der Waals surface area contributed by atoms with Crippen molar-refractivity contribution in [3.63, 3.8) is 0 Å². The number of fused-ring (bicyclic) bond motifs is 2. The van der Waals surface area contributed by atoms with Crippen LogP contribution in [0.1, 0.15) is 42.0 Å². The molecule has 3 atom stereocenters. The number of methoxy groups -OCH3 is 1. The summed E-state index contributed by atoms with van der Waals surface area (Å²) in [5, 5.41) is 6.11. The van der Waals surface area contributed by atoms with Crippen molar-refractivity contribution in [3.05, 3.63) is 107 Å². The summed E-state index contributed by atoms with van der Waals surface area (Å²) in [4.78, 5) is 11.4. The first-order valence-corrected chi connectivity index (χ1v) is 12.5. The van der Waals surface area contributed by atoms with Crippen LogP contribution >= 0.6 is 0 Å². The lowest BCUT2D eigenvalue weighted by Gasteiger charge is -2.33. The van der Waals surface area contributed by atoms with Gasteiger partial charge in [-0.25, -0.2) is 9.18 Å². The van der Waals surface area contributed by atoms with E-state index in [4.69, 9.17) is 9.47 Å². The summed E-state index contributed by atoms with van der Waals surface area (Å²) in [6.45, 7) is 2.48. The quantitative estimate of drug-likeness (QED) is 0.294. The lowest BCUT2D eigenvalue weighted by Crippen LogP contribution is -2.37. The third-order valence-electron chi connectivity index (χ3n) is 6.96. The molecule has 37 heavy (non-hydrogen) atoms. The molecule has 0 saturated carbocycles. The van der Waals surface area contributed by atoms with Gasteiger partial charge in [-0.2, -0.15) is 0 Å². The predicted octanol–water partition coefficient (Wildman–Crippen LogP) is 6.16. The van der Waals surface area contributed by atoms with Crippen molar-refractivity contribution in [1.82, 2.24) is 5.32 Å². The normalized spacial score (nSPS) is 17.5. The summed E-state index contributed by atoms with van der Waals surface area (Å²) in [6.07, 6.45) is 0.615. The molecule has 5 nitrogen and oxygen atoms in total. The van der Waals surface area contributed by atoms with Crippen LogP contribution in [0.4, 0.5) is 4.39 Å². The molecule has 4 aromatic rings. The van der Waals surface area contributed by atoms with Gasteiger partial charge >= 0.3 is 5.97 Å². The minimum atomic E-state index is -0.560. The minimum Gasteiger partial charge on any atom is -0.489 e. The third kappa shape index (κ3) is 5.44. The van der Waals surface area contributed by atoms with Crippen LogP contribution in [0.15, 0.2) is 84.9 Å². The van der Waals surface area contributed by atoms with Gasteiger partial charge in [-0.15, -0.1) is 0 Å². The van der Waals surface area contributed by atoms with Gasteiger partial charge in [0.25, 0.3) is 0 Å². The molecule has 190 valence electrons. The Morgan fingerprint density at radius 2 is 1.84 bits per heavy atom. The fourth-order valence-corrected chi connectivity index (χ4v) is 5.03. The lowest BCUT2D eigenvalue weighted by molar-refractivity contribution is -0.142. The molecule has 0 fully saturated rings. The van der Waals surface area contributed by atoms with Gasteiger partial charge < -0.3 is 19.5 Å². The Kier molecular flexibility index (Phi) is 7.37. The van der Waals surface area contributed by atoms with Gasteiger partial charge in [0.15, 0.2) is 18.2 Å². The third-order valence-corrected chi connectivity index (χ3v) is 6.96. The van der Waals surface area contributed by atoms with Crippen molar-refractivity contribution in [3.8, 4) is 11.5 Å². The van der Waals surface area contributed by atoms with Crippen LogP contribution in [0.5, 0.6) is 11.5 Å². The van der Waals surface area contributed by atoms with Crippen LogP contribution < -0.4 is 14.8 Å². The molecule has 4 aromatic carbocycles. The highest BCUT2D eigenvalue weighted by atomic mass is 19.1. The smallest absolute Gasteiger partial charge is 0.343 e. The maximum Gasteiger partial charge on any atom is 0.343 e. The van der Waals surface area contributed by atoms with Gasteiger partial charge in [-0.05, 0) is 53.4 Å². The van der Waals surface area contributed by atoms with Gasteiger partial charge in [0.05, 0.1) is 7.11 Å². The van der Waals surface area contributed by atoms with Crippen molar-refractivity contribution >= 4 is 16.7 Å². The molecular weight excluding hydrogens is 469 g/mol. The maximum absolute atomic E-state index is 14.9. The van der Waals surface area contributed by atoms with Crippen LogP contribution in [0.25, 0.3) is 10.8 Å². The maximum atomic E-state index is 14.9. The second-order valence-corrected chi connectivity index (χ2v) is 9.32. The van der Waals surface area contributed by atoms with E-state index in [0.29, 0.717) is 13.0 Å². The van der Waals surface area contributed by atoms with E-state index in [-0.39, 0.29) is 30.4 Å². The van der Waals surface area contributed by atoms with Crippen LogP contribution in [0.2, 0.25) is 0 Å². The van der Waals surface area contributed by atoms with E-state index in [1.54, 1.807) is 6.07 Å². The van der Waals surface area contributed by atoms with Crippen molar-refractivity contribution in [2.45, 2.75) is 31.4 Å². The van der Waals surface area contributed by atoms with E-state index < -0.39 is 11.8 Å². The molecule has 1 aliphatic heterocycles. The molecule has 0 spiro atoms. The molecule has 1 N–H and O–H groups in total.